The zero-order valence-electron chi connectivity index (χ0n) is 33.1. The van der Waals surface area contributed by atoms with Crippen LogP contribution in [0.25, 0.3) is 0 Å². The summed E-state index contributed by atoms with van der Waals surface area (Å²) >= 11 is 0. The van der Waals surface area contributed by atoms with Gasteiger partial charge in [0, 0.05) is 39.3 Å². The van der Waals surface area contributed by atoms with E-state index in [2.05, 4.69) is 144 Å². The van der Waals surface area contributed by atoms with Crippen molar-refractivity contribution in [3.63, 3.8) is 0 Å². The molecule has 1 heterocycles. The first-order chi connectivity index (χ1) is 22.6. The van der Waals surface area contributed by atoms with Crippen molar-refractivity contribution in [2.45, 2.75) is 38.5 Å². The number of hydrogen-bond acceptors (Lipinski definition) is 15. The van der Waals surface area contributed by atoms with Gasteiger partial charge in [-0.2, -0.15) is 13.5 Å². The first-order valence-electron chi connectivity index (χ1n) is 17.9. The Balaban J connectivity index is 3.83. The Morgan fingerprint density at radius 3 is 0.562 bits per heavy atom. The van der Waals surface area contributed by atoms with Crippen molar-refractivity contribution in [1.82, 2.24) is 59.9 Å². The maximum atomic E-state index is 5.74. The molecule has 0 amide bonds. The van der Waals surface area contributed by atoms with Gasteiger partial charge in [-0.05, 0) is 162 Å². The second-order valence-electron chi connectivity index (χ2n) is 14.5. The van der Waals surface area contributed by atoms with Crippen molar-refractivity contribution >= 4 is 22.5 Å². The molecule has 1 aliphatic rings. The molecule has 0 unspecified atom stereocenters. The van der Waals surface area contributed by atoms with Crippen LogP contribution in [-0.4, -0.2) is 193 Å². The van der Waals surface area contributed by atoms with Crippen LogP contribution in [0.2, 0.25) is 0 Å². The van der Waals surface area contributed by atoms with Crippen LogP contribution in [0.15, 0.2) is 13.5 Å². The molecule has 0 bridgehead atoms. The molecular weight excluding hydrogens is 663 g/mol. The summed E-state index contributed by atoms with van der Waals surface area (Å²) in [4.78, 5) is 13.5. The van der Waals surface area contributed by atoms with E-state index >= 15 is 0 Å². The van der Waals surface area contributed by atoms with E-state index in [1.54, 1.807) is 0 Å². The highest BCUT2D eigenvalue weighted by Gasteiger charge is 2.36. The Morgan fingerprint density at radius 1 is 0.292 bits per heavy atom. The molecule has 1 rings (SSSR count). The van der Waals surface area contributed by atoms with E-state index in [1.807, 2.05) is 0 Å². The largest absolute Gasteiger partial charge is 0.309 e. The lowest BCUT2D eigenvalue weighted by Gasteiger charge is -2.38. The lowest BCUT2D eigenvalue weighted by molar-refractivity contribution is 0.398. The first kappa shape index (κ1) is 46.2. The molecule has 0 aromatic rings. The summed E-state index contributed by atoms with van der Waals surface area (Å²) in [6, 6.07) is 0. The van der Waals surface area contributed by atoms with Crippen molar-refractivity contribution in [2.75, 3.05) is 163 Å². The molecule has 1 aliphatic heterocycles. The summed E-state index contributed by atoms with van der Waals surface area (Å²) in [7, 11) is 17.8. The Hall–Kier alpha value is 0.210. The van der Waals surface area contributed by atoms with E-state index in [-0.39, 0.29) is 0 Å². The highest BCUT2D eigenvalue weighted by atomic mass is 31.3. The lowest BCUT2D eigenvalue weighted by Crippen LogP contribution is -2.34. The van der Waals surface area contributed by atoms with Crippen LogP contribution >= 0.6 is 22.5 Å². The van der Waals surface area contributed by atoms with Crippen LogP contribution in [0, 0.1) is 0 Å². The summed E-state index contributed by atoms with van der Waals surface area (Å²) in [5.74, 6) is 0. The molecule has 6 N–H and O–H groups in total. The minimum Gasteiger partial charge on any atom is -0.309 e. The Kier molecular flexibility index (Phi) is 24.3. The van der Waals surface area contributed by atoms with Gasteiger partial charge in [0.15, 0.2) is 0 Å². The quantitative estimate of drug-likeness (QED) is 0.0479. The molecule has 0 aliphatic carbocycles. The highest BCUT2D eigenvalue weighted by molar-refractivity contribution is 7.83. The molecule has 288 valence electrons. The molecule has 0 fully saturated rings. The predicted molar refractivity (Wildman–Crippen MR) is 215 cm³/mol. The molecule has 0 aromatic heterocycles. The third kappa shape index (κ3) is 21.5. The minimum absolute atomic E-state index is 0.835. The number of rotatable bonds is 30. The zero-order chi connectivity index (χ0) is 36.1. The SMILES string of the molecule is CN(C)CCCNP1(NCCCN(C)C)=NP(NCCCN(C)C)(NCCCN(C)C)=NP(NCCCN(C)C)(NCCCN(C)C)=N1. The van der Waals surface area contributed by atoms with Gasteiger partial charge in [-0.25, -0.2) is 0 Å². The fourth-order valence-corrected chi connectivity index (χ4v) is 17.0. The van der Waals surface area contributed by atoms with Crippen molar-refractivity contribution in [2.24, 2.45) is 13.5 Å². The van der Waals surface area contributed by atoms with Crippen molar-refractivity contribution < 1.29 is 0 Å². The third-order valence-corrected chi connectivity index (χ3v) is 17.7. The fraction of sp³-hybridized carbons (Fsp3) is 1.00. The Labute approximate surface area is 297 Å². The van der Waals surface area contributed by atoms with E-state index in [4.69, 9.17) is 13.5 Å². The van der Waals surface area contributed by atoms with Gasteiger partial charge in [0.2, 0.25) is 22.5 Å². The van der Waals surface area contributed by atoms with Gasteiger partial charge in [-0.1, -0.05) is 0 Å². The number of nitrogens with zero attached hydrogens (tertiary/aromatic N) is 9. The van der Waals surface area contributed by atoms with Crippen molar-refractivity contribution in [1.29, 1.82) is 0 Å². The highest BCUT2D eigenvalue weighted by Crippen LogP contribution is 2.70. The Bertz CT molecular complexity index is 802. The van der Waals surface area contributed by atoms with E-state index < -0.39 is 22.5 Å². The Morgan fingerprint density at radius 2 is 0.438 bits per heavy atom. The molecular formula is C30H78N15P3. The van der Waals surface area contributed by atoms with Crippen LogP contribution in [0.4, 0.5) is 0 Å². The van der Waals surface area contributed by atoms with Crippen molar-refractivity contribution in [3.05, 3.63) is 0 Å². The molecule has 0 spiro atoms. The molecule has 0 atom stereocenters. The normalized spacial score (nSPS) is 17.1. The molecule has 48 heavy (non-hydrogen) atoms. The first-order valence-corrected chi connectivity index (χ1v) is 23.0. The molecule has 0 saturated heterocycles. The molecule has 0 radical (unpaired) electrons. The summed E-state index contributed by atoms with van der Waals surface area (Å²) < 4.78 is 17.2. The average Bonchev–Trinajstić information content (AvgIpc) is 2.98. The van der Waals surface area contributed by atoms with E-state index in [0.29, 0.717) is 0 Å². The van der Waals surface area contributed by atoms with Crippen LogP contribution in [-0.2, 0) is 0 Å². The van der Waals surface area contributed by atoms with Gasteiger partial charge in [0.05, 0.1) is 0 Å². The zero-order valence-corrected chi connectivity index (χ0v) is 35.8. The third-order valence-electron chi connectivity index (χ3n) is 7.46. The second-order valence-corrected chi connectivity index (χ2v) is 22.1. The van der Waals surface area contributed by atoms with E-state index in [1.165, 1.54) is 0 Å². The topological polar surface area (TPSA) is 129 Å². The smallest absolute Gasteiger partial charge is 0.215 e. The maximum Gasteiger partial charge on any atom is 0.215 e. The summed E-state index contributed by atoms with van der Waals surface area (Å²) in [5, 5.41) is 23.7. The average molecular weight is 742 g/mol. The molecule has 0 aromatic carbocycles. The monoisotopic (exact) mass is 742 g/mol. The maximum absolute atomic E-state index is 5.74. The standard InChI is InChI=1S/C30H78N15P3/c1-40(2)25-13-19-31-46(32-20-14-26-41(3)4)37-47(33-21-15-27-42(5)6,34-22-16-28-43(7)8)39-48(38-46,35-23-17-29-44(9)10)36-24-18-30-45(11)12/h31-36H,13-30H2,1-12H3. The second kappa shape index (κ2) is 25.2. The minimum atomic E-state index is -2.60. The van der Waals surface area contributed by atoms with Crippen LogP contribution < -0.4 is 30.5 Å². The van der Waals surface area contributed by atoms with Gasteiger partial charge in [0.1, 0.15) is 0 Å². The van der Waals surface area contributed by atoms with E-state index in [0.717, 1.165) is 117 Å². The van der Waals surface area contributed by atoms with Gasteiger partial charge in [0.25, 0.3) is 0 Å². The number of nitrogens with one attached hydrogen (secondary N) is 6. The molecule has 18 heteroatoms. The van der Waals surface area contributed by atoms with Gasteiger partial charge in [-0.15, -0.1) is 0 Å². The number of hydrogen-bond donors (Lipinski definition) is 6. The van der Waals surface area contributed by atoms with Gasteiger partial charge >= 0.3 is 0 Å². The lowest BCUT2D eigenvalue weighted by atomic mass is 10.4. The summed E-state index contributed by atoms with van der Waals surface area (Å²) in [6.45, 7) is 11.1. The fourth-order valence-electron chi connectivity index (χ4n) is 4.94. The summed E-state index contributed by atoms with van der Waals surface area (Å²) in [6.07, 6.45) is 6.12. The summed E-state index contributed by atoms with van der Waals surface area (Å²) in [5.41, 5.74) is 0. The molecule has 15 nitrogen and oxygen atoms in total. The predicted octanol–water partition coefficient (Wildman–Crippen LogP) is 3.09. The van der Waals surface area contributed by atoms with Crippen LogP contribution in [0.5, 0.6) is 0 Å². The van der Waals surface area contributed by atoms with Crippen LogP contribution in [0.1, 0.15) is 38.5 Å². The molecule has 0 saturated carbocycles. The van der Waals surface area contributed by atoms with E-state index in [9.17, 15) is 0 Å². The van der Waals surface area contributed by atoms with Crippen LogP contribution in [0.3, 0.4) is 0 Å². The van der Waals surface area contributed by atoms with Gasteiger partial charge in [-0.3, -0.25) is 30.5 Å². The van der Waals surface area contributed by atoms with Crippen molar-refractivity contribution in [3.8, 4) is 0 Å². The van der Waals surface area contributed by atoms with Gasteiger partial charge < -0.3 is 29.4 Å².